The third-order valence-electron chi connectivity index (χ3n) is 6.33. The first-order chi connectivity index (χ1) is 16.5. The molecule has 0 radical (unpaired) electrons. The lowest BCUT2D eigenvalue weighted by molar-refractivity contribution is -0.125. The number of amides is 1. The first-order valence-corrected chi connectivity index (χ1v) is 11.2. The normalized spacial score (nSPS) is 15.6. The van der Waals surface area contributed by atoms with E-state index in [4.69, 9.17) is 10.5 Å². The predicted molar refractivity (Wildman–Crippen MR) is 132 cm³/mol. The minimum absolute atomic E-state index is 0.0478. The highest BCUT2D eigenvalue weighted by atomic mass is 16.5. The molecule has 1 aliphatic heterocycles. The fourth-order valence-corrected chi connectivity index (χ4v) is 4.76. The van der Waals surface area contributed by atoms with Crippen LogP contribution in [0.1, 0.15) is 23.7 Å². The van der Waals surface area contributed by atoms with E-state index in [1.54, 1.807) is 0 Å². The quantitative estimate of drug-likeness (QED) is 0.454. The molecule has 8 heteroatoms. The number of rotatable bonds is 5. The van der Waals surface area contributed by atoms with Crippen molar-refractivity contribution in [1.29, 1.82) is 0 Å². The summed E-state index contributed by atoms with van der Waals surface area (Å²) >= 11 is 0. The SMILES string of the molecule is C=CC(=O)N1CC[C@H](c2c(-c3ccc(Oc4cccc(C)n4)cc3)c3c(N)ncnc3n2C)C1. The van der Waals surface area contributed by atoms with Crippen LogP contribution in [-0.2, 0) is 11.8 Å². The smallest absolute Gasteiger partial charge is 0.245 e. The summed E-state index contributed by atoms with van der Waals surface area (Å²) in [6.45, 7) is 6.86. The molecule has 0 unspecified atom stereocenters. The van der Waals surface area contributed by atoms with Crippen molar-refractivity contribution < 1.29 is 9.53 Å². The van der Waals surface area contributed by atoms with Gasteiger partial charge in [-0.25, -0.2) is 15.0 Å². The summed E-state index contributed by atoms with van der Waals surface area (Å²) in [5, 5.41) is 0.822. The number of carbonyl (C=O) groups is 1. The van der Waals surface area contributed by atoms with E-state index in [1.165, 1.54) is 12.4 Å². The van der Waals surface area contributed by atoms with Crippen LogP contribution in [0.4, 0.5) is 5.82 Å². The number of fused-ring (bicyclic) bond motifs is 1. The van der Waals surface area contributed by atoms with Gasteiger partial charge in [0.25, 0.3) is 0 Å². The lowest BCUT2D eigenvalue weighted by atomic mass is 9.94. The monoisotopic (exact) mass is 454 g/mol. The van der Waals surface area contributed by atoms with E-state index < -0.39 is 0 Å². The third kappa shape index (κ3) is 3.77. The molecule has 1 atom stereocenters. The molecule has 1 aliphatic rings. The highest BCUT2D eigenvalue weighted by Gasteiger charge is 2.32. The van der Waals surface area contributed by atoms with Gasteiger partial charge in [-0.05, 0) is 43.2 Å². The van der Waals surface area contributed by atoms with E-state index in [9.17, 15) is 4.79 Å². The molecule has 0 saturated carbocycles. The van der Waals surface area contributed by atoms with E-state index in [2.05, 4.69) is 26.1 Å². The maximum absolute atomic E-state index is 12.2. The van der Waals surface area contributed by atoms with Crippen molar-refractivity contribution in [3.63, 3.8) is 0 Å². The van der Waals surface area contributed by atoms with Crippen LogP contribution < -0.4 is 10.5 Å². The summed E-state index contributed by atoms with van der Waals surface area (Å²) in [6.07, 6.45) is 3.71. The number of pyridine rings is 1. The molecule has 172 valence electrons. The van der Waals surface area contributed by atoms with Crippen LogP contribution in [0.25, 0.3) is 22.2 Å². The Kier molecular flexibility index (Phi) is 5.49. The van der Waals surface area contributed by atoms with Crippen LogP contribution in [0.3, 0.4) is 0 Å². The van der Waals surface area contributed by atoms with Crippen molar-refractivity contribution in [2.75, 3.05) is 18.8 Å². The van der Waals surface area contributed by atoms with Gasteiger partial charge in [0.05, 0.1) is 5.39 Å². The van der Waals surface area contributed by atoms with Crippen molar-refractivity contribution in [2.24, 2.45) is 7.05 Å². The second kappa shape index (κ2) is 8.62. The first-order valence-electron chi connectivity index (χ1n) is 11.2. The lowest BCUT2D eigenvalue weighted by Crippen LogP contribution is -2.26. The number of ether oxygens (including phenoxy) is 1. The van der Waals surface area contributed by atoms with Gasteiger partial charge in [0.2, 0.25) is 11.8 Å². The van der Waals surface area contributed by atoms with Gasteiger partial charge in [-0.2, -0.15) is 0 Å². The van der Waals surface area contributed by atoms with Gasteiger partial charge in [0.15, 0.2) is 0 Å². The van der Waals surface area contributed by atoms with Gasteiger partial charge in [-0.3, -0.25) is 4.79 Å². The number of likely N-dealkylation sites (tertiary alicyclic amines) is 1. The number of hydrogen-bond acceptors (Lipinski definition) is 6. The maximum atomic E-state index is 12.2. The van der Waals surface area contributed by atoms with Crippen LogP contribution >= 0.6 is 0 Å². The summed E-state index contributed by atoms with van der Waals surface area (Å²) < 4.78 is 8.01. The van der Waals surface area contributed by atoms with Crippen LogP contribution in [0, 0.1) is 6.92 Å². The Bertz CT molecular complexity index is 1390. The number of benzene rings is 1. The van der Waals surface area contributed by atoms with E-state index in [0.29, 0.717) is 30.5 Å². The van der Waals surface area contributed by atoms with E-state index in [1.807, 2.05) is 61.3 Å². The minimum Gasteiger partial charge on any atom is -0.439 e. The number of hydrogen-bond donors (Lipinski definition) is 1. The molecular weight excluding hydrogens is 428 g/mol. The maximum Gasteiger partial charge on any atom is 0.245 e. The third-order valence-corrected chi connectivity index (χ3v) is 6.33. The summed E-state index contributed by atoms with van der Waals surface area (Å²) in [5.74, 6) is 1.77. The molecule has 1 fully saturated rings. The van der Waals surface area contributed by atoms with Gasteiger partial charge < -0.3 is 19.9 Å². The molecule has 0 bridgehead atoms. The standard InChI is InChI=1S/C26H26N6O2/c1-4-21(33)32-13-12-18(14-32)24-22(23-25(27)28-15-29-26(23)31(24)3)17-8-10-19(11-9-17)34-20-7-5-6-16(2)30-20/h4-11,15,18H,1,12-14H2,2-3H3,(H2,27,28,29)/t18-/m0/s1. The van der Waals surface area contributed by atoms with Crippen LogP contribution in [0.15, 0.2) is 61.4 Å². The van der Waals surface area contributed by atoms with Gasteiger partial charge in [-0.1, -0.05) is 24.8 Å². The zero-order chi connectivity index (χ0) is 23.8. The molecule has 0 spiro atoms. The number of carbonyl (C=O) groups excluding carboxylic acids is 1. The van der Waals surface area contributed by atoms with Crippen molar-refractivity contribution in [2.45, 2.75) is 19.3 Å². The highest BCUT2D eigenvalue weighted by molar-refractivity contribution is 6.02. The molecule has 1 saturated heterocycles. The summed E-state index contributed by atoms with van der Waals surface area (Å²) in [5.41, 5.74) is 11.1. The number of nitrogens with zero attached hydrogens (tertiary/aromatic N) is 5. The van der Waals surface area contributed by atoms with Crippen molar-refractivity contribution >= 4 is 22.8 Å². The largest absolute Gasteiger partial charge is 0.439 e. The Hall–Kier alpha value is -4.20. The van der Waals surface area contributed by atoms with E-state index >= 15 is 0 Å². The summed E-state index contributed by atoms with van der Waals surface area (Å²) in [6, 6.07) is 13.5. The highest BCUT2D eigenvalue weighted by Crippen LogP contribution is 2.42. The first kappa shape index (κ1) is 21.6. The number of nitrogens with two attached hydrogens (primary N) is 1. The van der Waals surface area contributed by atoms with Gasteiger partial charge >= 0.3 is 0 Å². The molecule has 34 heavy (non-hydrogen) atoms. The van der Waals surface area contributed by atoms with Crippen molar-refractivity contribution in [3.8, 4) is 22.8 Å². The van der Waals surface area contributed by atoms with Crippen LogP contribution in [-0.4, -0.2) is 43.4 Å². The van der Waals surface area contributed by atoms with Gasteiger partial charge in [-0.15, -0.1) is 0 Å². The molecule has 1 amide bonds. The second-order valence-electron chi connectivity index (χ2n) is 8.49. The average Bonchev–Trinajstić information content (AvgIpc) is 3.43. The van der Waals surface area contributed by atoms with E-state index in [-0.39, 0.29) is 11.8 Å². The van der Waals surface area contributed by atoms with Gasteiger partial charge in [0.1, 0.15) is 23.5 Å². The molecule has 4 heterocycles. The lowest BCUT2D eigenvalue weighted by Gasteiger charge is -2.17. The molecular formula is C26H26N6O2. The summed E-state index contributed by atoms with van der Waals surface area (Å²) in [7, 11) is 1.99. The Morgan fingerprint density at radius 1 is 1.21 bits per heavy atom. The topological polar surface area (TPSA) is 99.2 Å². The van der Waals surface area contributed by atoms with Crippen molar-refractivity contribution in [3.05, 3.63) is 72.8 Å². The number of aryl methyl sites for hydroxylation is 2. The van der Waals surface area contributed by atoms with Crippen molar-refractivity contribution in [1.82, 2.24) is 24.4 Å². The molecule has 5 rings (SSSR count). The Balaban J connectivity index is 1.57. The minimum atomic E-state index is -0.0478. The summed E-state index contributed by atoms with van der Waals surface area (Å²) in [4.78, 5) is 27.2. The number of nitrogen functional groups attached to an aromatic ring is 1. The zero-order valence-electron chi connectivity index (χ0n) is 19.2. The van der Waals surface area contributed by atoms with Crippen LogP contribution in [0.2, 0.25) is 0 Å². The Morgan fingerprint density at radius 2 is 2.00 bits per heavy atom. The second-order valence-corrected chi connectivity index (χ2v) is 8.49. The molecule has 3 aromatic heterocycles. The van der Waals surface area contributed by atoms with Gasteiger partial charge in [0, 0.05) is 49.1 Å². The Morgan fingerprint density at radius 3 is 2.74 bits per heavy atom. The number of anilines is 1. The molecule has 2 N–H and O–H groups in total. The molecule has 1 aromatic carbocycles. The Labute approximate surface area is 197 Å². The predicted octanol–water partition coefficient (Wildman–Crippen LogP) is 4.22. The fraction of sp³-hybridized carbons (Fsp3) is 0.231. The average molecular weight is 455 g/mol. The molecule has 8 nitrogen and oxygen atoms in total. The fourth-order valence-electron chi connectivity index (χ4n) is 4.76. The van der Waals surface area contributed by atoms with Crippen LogP contribution in [0.5, 0.6) is 11.6 Å². The molecule has 0 aliphatic carbocycles. The molecule has 4 aromatic rings. The van der Waals surface area contributed by atoms with E-state index in [0.717, 1.165) is 40.0 Å². The zero-order valence-corrected chi connectivity index (χ0v) is 19.2. The number of aromatic nitrogens is 4.